The van der Waals surface area contributed by atoms with Crippen molar-refractivity contribution in [3.05, 3.63) is 35.4 Å². The zero-order valence-corrected chi connectivity index (χ0v) is 13.6. The van der Waals surface area contributed by atoms with E-state index in [0.29, 0.717) is 5.56 Å². The SMILES string of the molecule is CCS(=O)(=O)CCC(CN)(C(=O)OC)c1cccc(C)c1. The Labute approximate surface area is 126 Å². The molecule has 1 atom stereocenters. The minimum atomic E-state index is -3.19. The van der Waals surface area contributed by atoms with Gasteiger partial charge in [0, 0.05) is 12.3 Å². The van der Waals surface area contributed by atoms with Crippen LogP contribution in [0, 0.1) is 6.92 Å². The summed E-state index contributed by atoms with van der Waals surface area (Å²) >= 11 is 0. The zero-order chi connectivity index (χ0) is 16.1. The van der Waals surface area contributed by atoms with Crippen LogP contribution in [0.5, 0.6) is 0 Å². The van der Waals surface area contributed by atoms with Crippen LogP contribution < -0.4 is 5.73 Å². The molecule has 0 heterocycles. The van der Waals surface area contributed by atoms with Crippen LogP contribution >= 0.6 is 0 Å². The minimum Gasteiger partial charge on any atom is -0.468 e. The van der Waals surface area contributed by atoms with Gasteiger partial charge in [-0.2, -0.15) is 0 Å². The molecular formula is C15H23NO4S. The molecule has 1 aromatic carbocycles. The van der Waals surface area contributed by atoms with E-state index in [4.69, 9.17) is 10.5 Å². The first kappa shape index (κ1) is 17.7. The first-order valence-corrected chi connectivity index (χ1v) is 8.69. The molecule has 0 fully saturated rings. The first-order chi connectivity index (χ1) is 9.81. The third-order valence-electron chi connectivity index (χ3n) is 3.77. The van der Waals surface area contributed by atoms with Crippen molar-refractivity contribution >= 4 is 15.8 Å². The van der Waals surface area contributed by atoms with Gasteiger partial charge in [0.2, 0.25) is 0 Å². The van der Waals surface area contributed by atoms with E-state index in [1.54, 1.807) is 13.0 Å². The Hall–Kier alpha value is -1.40. The number of esters is 1. The Morgan fingerprint density at radius 3 is 2.52 bits per heavy atom. The lowest BCUT2D eigenvalue weighted by atomic mass is 9.77. The standard InChI is InChI=1S/C15H23NO4S/c1-4-21(18,19)9-8-15(11-16,14(17)20-3)13-7-5-6-12(2)10-13/h5-7,10H,4,8-9,11,16H2,1-3H3. The van der Waals surface area contributed by atoms with Crippen LogP contribution in [0.3, 0.4) is 0 Å². The van der Waals surface area contributed by atoms with E-state index >= 15 is 0 Å². The first-order valence-electron chi connectivity index (χ1n) is 6.87. The second kappa shape index (κ2) is 7.04. The summed E-state index contributed by atoms with van der Waals surface area (Å²) in [6.07, 6.45) is 0.121. The van der Waals surface area contributed by atoms with Crippen LogP contribution in [0.15, 0.2) is 24.3 Å². The van der Waals surface area contributed by atoms with Gasteiger partial charge >= 0.3 is 5.97 Å². The van der Waals surface area contributed by atoms with Gasteiger partial charge in [-0.1, -0.05) is 36.8 Å². The van der Waals surface area contributed by atoms with Crippen LogP contribution in [0.2, 0.25) is 0 Å². The number of benzene rings is 1. The minimum absolute atomic E-state index is 0.00234. The molecule has 1 aromatic rings. The molecule has 6 heteroatoms. The van der Waals surface area contributed by atoms with Crippen molar-refractivity contribution in [2.75, 3.05) is 25.2 Å². The molecule has 21 heavy (non-hydrogen) atoms. The molecule has 0 radical (unpaired) electrons. The number of hydrogen-bond acceptors (Lipinski definition) is 5. The fourth-order valence-corrected chi connectivity index (χ4v) is 3.23. The number of methoxy groups -OCH3 is 1. The Balaban J connectivity index is 3.26. The Morgan fingerprint density at radius 2 is 2.05 bits per heavy atom. The summed E-state index contributed by atoms with van der Waals surface area (Å²) in [5.74, 6) is -0.547. The molecule has 0 aliphatic carbocycles. The normalized spacial score (nSPS) is 14.5. The highest BCUT2D eigenvalue weighted by molar-refractivity contribution is 7.91. The van der Waals surface area contributed by atoms with Crippen molar-refractivity contribution in [1.29, 1.82) is 0 Å². The van der Waals surface area contributed by atoms with Crippen LogP contribution in [-0.4, -0.2) is 39.5 Å². The van der Waals surface area contributed by atoms with Gasteiger partial charge < -0.3 is 10.5 Å². The lowest BCUT2D eigenvalue weighted by molar-refractivity contribution is -0.147. The number of sulfone groups is 1. The average Bonchev–Trinajstić information content (AvgIpc) is 2.48. The molecule has 0 amide bonds. The van der Waals surface area contributed by atoms with Gasteiger partial charge in [-0.3, -0.25) is 4.79 Å². The van der Waals surface area contributed by atoms with E-state index in [0.717, 1.165) is 5.56 Å². The number of carbonyl (C=O) groups excluding carboxylic acids is 1. The van der Waals surface area contributed by atoms with Crippen LogP contribution in [0.1, 0.15) is 24.5 Å². The third kappa shape index (κ3) is 4.04. The van der Waals surface area contributed by atoms with Gasteiger partial charge in [-0.15, -0.1) is 0 Å². The summed E-state index contributed by atoms with van der Waals surface area (Å²) < 4.78 is 28.4. The maximum atomic E-state index is 12.3. The summed E-state index contributed by atoms with van der Waals surface area (Å²) in [4.78, 5) is 12.3. The summed E-state index contributed by atoms with van der Waals surface area (Å²) in [6, 6.07) is 7.37. The van der Waals surface area contributed by atoms with Gasteiger partial charge in [0.1, 0.15) is 15.3 Å². The molecule has 0 aromatic heterocycles. The van der Waals surface area contributed by atoms with Gasteiger partial charge in [-0.05, 0) is 18.9 Å². The van der Waals surface area contributed by atoms with E-state index in [9.17, 15) is 13.2 Å². The molecule has 0 spiro atoms. The van der Waals surface area contributed by atoms with E-state index in [-0.39, 0.29) is 24.5 Å². The fraction of sp³-hybridized carbons (Fsp3) is 0.533. The second-order valence-electron chi connectivity index (χ2n) is 5.13. The Bertz CT molecular complexity index is 597. The quantitative estimate of drug-likeness (QED) is 0.764. The lowest BCUT2D eigenvalue weighted by Crippen LogP contribution is -2.45. The topological polar surface area (TPSA) is 86.5 Å². The van der Waals surface area contributed by atoms with Crippen LogP contribution in [-0.2, 0) is 24.8 Å². The van der Waals surface area contributed by atoms with Gasteiger partial charge in [0.15, 0.2) is 0 Å². The molecule has 0 aliphatic heterocycles. The molecule has 118 valence electrons. The lowest BCUT2D eigenvalue weighted by Gasteiger charge is -2.30. The van der Waals surface area contributed by atoms with Crippen molar-refractivity contribution < 1.29 is 17.9 Å². The number of aryl methyl sites for hydroxylation is 1. The van der Waals surface area contributed by atoms with Gasteiger partial charge in [-0.25, -0.2) is 8.42 Å². The summed E-state index contributed by atoms with van der Waals surface area (Å²) in [6.45, 7) is 3.50. The highest BCUT2D eigenvalue weighted by atomic mass is 32.2. The molecule has 2 N–H and O–H groups in total. The van der Waals surface area contributed by atoms with Crippen LogP contribution in [0.25, 0.3) is 0 Å². The van der Waals surface area contributed by atoms with Gasteiger partial charge in [0.05, 0.1) is 12.9 Å². The third-order valence-corrected chi connectivity index (χ3v) is 5.48. The zero-order valence-electron chi connectivity index (χ0n) is 12.8. The summed E-state index contributed by atoms with van der Waals surface area (Å²) in [5, 5.41) is 0. The Morgan fingerprint density at radius 1 is 1.38 bits per heavy atom. The maximum Gasteiger partial charge on any atom is 0.317 e. The largest absolute Gasteiger partial charge is 0.468 e. The average molecular weight is 313 g/mol. The summed E-state index contributed by atoms with van der Waals surface area (Å²) in [7, 11) is -1.90. The smallest absolute Gasteiger partial charge is 0.317 e. The van der Waals surface area contributed by atoms with E-state index < -0.39 is 21.2 Å². The second-order valence-corrected chi connectivity index (χ2v) is 7.61. The van der Waals surface area contributed by atoms with E-state index in [1.165, 1.54) is 7.11 Å². The molecule has 0 saturated heterocycles. The number of rotatable bonds is 7. The molecule has 0 aliphatic rings. The Kier molecular flexibility index (Phi) is 5.92. The maximum absolute atomic E-state index is 12.3. The number of ether oxygens (including phenoxy) is 1. The van der Waals surface area contributed by atoms with Crippen LogP contribution in [0.4, 0.5) is 0 Å². The van der Waals surface area contributed by atoms with Crippen molar-refractivity contribution in [2.24, 2.45) is 5.73 Å². The fourth-order valence-electron chi connectivity index (χ4n) is 2.28. The molecule has 1 rings (SSSR count). The predicted molar refractivity (Wildman–Crippen MR) is 82.9 cm³/mol. The van der Waals surface area contributed by atoms with E-state index in [2.05, 4.69) is 0 Å². The van der Waals surface area contributed by atoms with E-state index in [1.807, 2.05) is 25.1 Å². The predicted octanol–water partition coefficient (Wildman–Crippen LogP) is 1.19. The van der Waals surface area contributed by atoms with Crippen molar-refractivity contribution in [1.82, 2.24) is 0 Å². The molecule has 1 unspecified atom stereocenters. The molecule has 0 saturated carbocycles. The molecule has 0 bridgehead atoms. The number of carbonyl (C=O) groups is 1. The number of nitrogens with two attached hydrogens (primary N) is 1. The van der Waals surface area contributed by atoms with Gasteiger partial charge in [0.25, 0.3) is 0 Å². The highest BCUT2D eigenvalue weighted by Gasteiger charge is 2.41. The van der Waals surface area contributed by atoms with Crippen molar-refractivity contribution in [2.45, 2.75) is 25.7 Å². The highest BCUT2D eigenvalue weighted by Crippen LogP contribution is 2.30. The monoisotopic (exact) mass is 313 g/mol. The van der Waals surface area contributed by atoms with Crippen molar-refractivity contribution in [3.8, 4) is 0 Å². The van der Waals surface area contributed by atoms with Crippen molar-refractivity contribution in [3.63, 3.8) is 0 Å². The molecular weight excluding hydrogens is 290 g/mol. The molecule has 5 nitrogen and oxygen atoms in total. The summed E-state index contributed by atoms with van der Waals surface area (Å²) in [5.41, 5.74) is 6.40. The number of hydrogen-bond donors (Lipinski definition) is 1.